The zero-order valence-electron chi connectivity index (χ0n) is 24.5. The van der Waals surface area contributed by atoms with E-state index in [1.54, 1.807) is 24.7 Å². The minimum absolute atomic E-state index is 0.00350. The van der Waals surface area contributed by atoms with Gasteiger partial charge in [-0.1, -0.05) is 30.3 Å². The number of hydrogen-bond acceptors (Lipinski definition) is 7. The number of nitrogens with one attached hydrogen (secondary N) is 1. The topological polar surface area (TPSA) is 143 Å². The zero-order chi connectivity index (χ0) is 33.3. The van der Waals surface area contributed by atoms with E-state index in [4.69, 9.17) is 23.2 Å². The van der Waals surface area contributed by atoms with E-state index in [0.717, 1.165) is 11.6 Å². The maximum absolute atomic E-state index is 13.9. The Balaban J connectivity index is 1.57. The van der Waals surface area contributed by atoms with Crippen LogP contribution in [0.5, 0.6) is 0 Å². The van der Waals surface area contributed by atoms with E-state index >= 15 is 0 Å². The predicted molar refractivity (Wildman–Crippen MR) is 170 cm³/mol. The lowest BCUT2D eigenvalue weighted by Crippen LogP contribution is -2.41. The Morgan fingerprint density at radius 1 is 1.13 bits per heavy atom. The third-order valence-corrected chi connectivity index (χ3v) is 7.66. The lowest BCUT2D eigenvalue weighted by Gasteiger charge is -2.30. The van der Waals surface area contributed by atoms with Gasteiger partial charge in [0.15, 0.2) is 5.11 Å². The van der Waals surface area contributed by atoms with Crippen molar-refractivity contribution in [3.63, 3.8) is 0 Å². The van der Waals surface area contributed by atoms with Crippen LogP contribution in [0.25, 0.3) is 0 Å². The first kappa shape index (κ1) is 33.8. The van der Waals surface area contributed by atoms with Crippen molar-refractivity contribution in [2.45, 2.75) is 32.1 Å². The number of nitro benzene ring substituents is 1. The number of carbonyl (C=O) groups is 1. The summed E-state index contributed by atoms with van der Waals surface area (Å²) in [6.07, 6.45) is -1.19. The number of benzene rings is 3. The lowest BCUT2D eigenvalue weighted by molar-refractivity contribution is -0.384. The number of nitrogens with zero attached hydrogens (tertiary/aromatic N) is 5. The summed E-state index contributed by atoms with van der Waals surface area (Å²) in [5.41, 5.74) is 7.33. The number of anilines is 1. The van der Waals surface area contributed by atoms with Crippen LogP contribution in [0.4, 0.5) is 24.5 Å². The van der Waals surface area contributed by atoms with Gasteiger partial charge in [0.2, 0.25) is 0 Å². The molecule has 0 bridgehead atoms. The smallest absolute Gasteiger partial charge is 0.344 e. The second-order valence-electron chi connectivity index (χ2n) is 10.5. The van der Waals surface area contributed by atoms with Crippen LogP contribution in [0.15, 0.2) is 85.3 Å². The van der Waals surface area contributed by atoms with Gasteiger partial charge < -0.3 is 20.5 Å². The molecule has 10 nitrogen and oxygen atoms in total. The predicted octanol–water partition coefficient (Wildman–Crippen LogP) is 5.71. The number of non-ortho nitro benzene ring substituents is 1. The van der Waals surface area contributed by atoms with Crippen molar-refractivity contribution in [1.29, 1.82) is 5.26 Å². The number of carbonyl (C=O) groups excluding carboxylic acids is 1. The molecule has 0 radical (unpaired) electrons. The van der Waals surface area contributed by atoms with Gasteiger partial charge >= 0.3 is 6.18 Å². The standard InChI is InChI=1S/C32H30F3N7O3S/c33-32(34,35)29-4-2-1-3-24(29)19-40(31(46)39-26-9-11-27(12-10-26)42(44)45)20-25(13-14-36)30(43)15-28-17-38-21-41(28)18-23-7-5-22(16-37)6-8-23/h1-12,17,21,25H,13-15,18-20,36H2,(H,39,46)/t25-/m0/s1. The van der Waals surface area contributed by atoms with Crippen molar-refractivity contribution in [2.75, 3.05) is 18.4 Å². The van der Waals surface area contributed by atoms with Crippen LogP contribution in [0.3, 0.4) is 0 Å². The van der Waals surface area contributed by atoms with E-state index in [2.05, 4.69) is 16.4 Å². The molecule has 4 rings (SSSR count). The largest absolute Gasteiger partial charge is 0.416 e. The summed E-state index contributed by atoms with van der Waals surface area (Å²) < 4.78 is 43.5. The van der Waals surface area contributed by atoms with Crippen molar-refractivity contribution in [2.24, 2.45) is 11.7 Å². The number of aromatic nitrogens is 2. The molecular weight excluding hydrogens is 619 g/mol. The Bertz CT molecular complexity index is 1720. The third kappa shape index (κ3) is 8.96. The first-order chi connectivity index (χ1) is 22.0. The fourth-order valence-electron chi connectivity index (χ4n) is 4.89. The van der Waals surface area contributed by atoms with Crippen LogP contribution in [0.1, 0.15) is 34.4 Å². The number of ketones is 1. The van der Waals surface area contributed by atoms with E-state index in [9.17, 15) is 28.1 Å². The molecule has 0 spiro atoms. The van der Waals surface area contributed by atoms with Crippen molar-refractivity contribution in [3.8, 4) is 6.07 Å². The van der Waals surface area contributed by atoms with Crippen LogP contribution in [0.2, 0.25) is 0 Å². The molecule has 4 aromatic rings. The number of alkyl halides is 3. The van der Waals surface area contributed by atoms with E-state index in [0.29, 0.717) is 23.5 Å². The van der Waals surface area contributed by atoms with Gasteiger partial charge in [0.1, 0.15) is 5.78 Å². The fraction of sp³-hybridized carbons (Fsp3) is 0.250. The Labute approximate surface area is 268 Å². The highest BCUT2D eigenvalue weighted by atomic mass is 32.1. The van der Waals surface area contributed by atoms with Gasteiger partial charge in [-0.15, -0.1) is 0 Å². The average Bonchev–Trinajstić information content (AvgIpc) is 3.46. The molecule has 0 amide bonds. The quantitative estimate of drug-likeness (QED) is 0.106. The Kier molecular flexibility index (Phi) is 11.2. The first-order valence-electron chi connectivity index (χ1n) is 14.1. The van der Waals surface area contributed by atoms with Gasteiger partial charge in [0, 0.05) is 61.7 Å². The Morgan fingerprint density at radius 3 is 2.46 bits per heavy atom. The summed E-state index contributed by atoms with van der Waals surface area (Å²) in [6.45, 7) is 0.264. The molecule has 0 unspecified atom stereocenters. The summed E-state index contributed by atoms with van der Waals surface area (Å²) in [4.78, 5) is 29.9. The highest BCUT2D eigenvalue weighted by Crippen LogP contribution is 2.33. The van der Waals surface area contributed by atoms with Gasteiger partial charge in [-0.05, 0) is 66.6 Å². The second-order valence-corrected chi connectivity index (χ2v) is 10.9. The number of thiocarbonyl (C=S) groups is 1. The van der Waals surface area contributed by atoms with Crippen LogP contribution >= 0.6 is 12.2 Å². The number of hydrogen-bond donors (Lipinski definition) is 2. The van der Waals surface area contributed by atoms with E-state index in [1.165, 1.54) is 47.4 Å². The minimum atomic E-state index is -4.62. The first-order valence-corrected chi connectivity index (χ1v) is 14.6. The van der Waals surface area contributed by atoms with Crippen molar-refractivity contribution in [3.05, 3.63) is 123 Å². The van der Waals surface area contributed by atoms with Crippen LogP contribution < -0.4 is 11.1 Å². The number of nitrogens with two attached hydrogens (primary N) is 1. The van der Waals surface area contributed by atoms with Gasteiger partial charge in [-0.3, -0.25) is 14.9 Å². The number of nitriles is 1. The normalized spacial score (nSPS) is 11.8. The molecule has 1 heterocycles. The van der Waals surface area contributed by atoms with Gasteiger partial charge in [0.25, 0.3) is 5.69 Å². The number of halogens is 3. The molecule has 3 N–H and O–H groups in total. The number of imidazole rings is 1. The van der Waals surface area contributed by atoms with Crippen molar-refractivity contribution in [1.82, 2.24) is 14.5 Å². The van der Waals surface area contributed by atoms with Crippen LogP contribution in [-0.4, -0.2) is 43.4 Å². The van der Waals surface area contributed by atoms with Crippen molar-refractivity contribution >= 4 is 34.5 Å². The third-order valence-electron chi connectivity index (χ3n) is 7.30. The highest BCUT2D eigenvalue weighted by Gasteiger charge is 2.34. The summed E-state index contributed by atoms with van der Waals surface area (Å²) in [5, 5.41) is 23.1. The molecule has 0 aliphatic carbocycles. The van der Waals surface area contributed by atoms with Gasteiger partial charge in [-0.2, -0.15) is 18.4 Å². The molecule has 0 aliphatic heterocycles. The SMILES string of the molecule is N#Cc1ccc(Cn2cncc2CC(=O)[C@@H](CCN)CN(Cc2ccccc2C(F)(F)F)C(=S)Nc2ccc([N+](=O)[O-])cc2)cc1. The summed E-state index contributed by atoms with van der Waals surface area (Å²) in [7, 11) is 0. The molecule has 3 aromatic carbocycles. The number of rotatable bonds is 13. The maximum Gasteiger partial charge on any atom is 0.416 e. The molecule has 0 saturated carbocycles. The Morgan fingerprint density at radius 2 is 1.83 bits per heavy atom. The van der Waals surface area contributed by atoms with Gasteiger partial charge in [-0.25, -0.2) is 4.98 Å². The van der Waals surface area contributed by atoms with Crippen molar-refractivity contribution < 1.29 is 22.9 Å². The molecular formula is C32H30F3N7O3S. The van der Waals surface area contributed by atoms with Gasteiger partial charge in [0.05, 0.1) is 28.4 Å². The summed E-state index contributed by atoms with van der Waals surface area (Å²) in [5.74, 6) is -0.891. The number of nitro groups is 1. The molecule has 0 aliphatic rings. The maximum atomic E-state index is 13.9. The Hall–Kier alpha value is -5.13. The number of Topliss-reactive ketones (excluding diaryl/α,β-unsaturated/α-hetero) is 1. The molecule has 0 fully saturated rings. The molecule has 238 valence electrons. The summed E-state index contributed by atoms with van der Waals surface area (Å²) in [6, 6.07) is 19.7. The monoisotopic (exact) mass is 649 g/mol. The summed E-state index contributed by atoms with van der Waals surface area (Å²) >= 11 is 5.62. The van der Waals surface area contributed by atoms with Crippen LogP contribution in [0, 0.1) is 27.4 Å². The molecule has 46 heavy (non-hydrogen) atoms. The second kappa shape index (κ2) is 15.2. The minimum Gasteiger partial charge on any atom is -0.344 e. The van der Waals surface area contributed by atoms with E-state index < -0.39 is 22.6 Å². The lowest BCUT2D eigenvalue weighted by atomic mass is 9.95. The molecule has 1 aromatic heterocycles. The molecule has 0 saturated heterocycles. The highest BCUT2D eigenvalue weighted by molar-refractivity contribution is 7.80. The van der Waals surface area contributed by atoms with Crippen LogP contribution in [-0.2, 0) is 30.5 Å². The van der Waals surface area contributed by atoms with E-state index in [1.807, 2.05) is 16.7 Å². The average molecular weight is 650 g/mol. The van der Waals surface area contributed by atoms with E-state index in [-0.39, 0.29) is 54.6 Å². The fourth-order valence-corrected chi connectivity index (χ4v) is 5.15. The zero-order valence-corrected chi connectivity index (χ0v) is 25.3. The molecule has 1 atom stereocenters. The molecule has 14 heteroatoms.